The van der Waals surface area contributed by atoms with Gasteiger partial charge in [-0.05, 0) is 55.7 Å². The van der Waals surface area contributed by atoms with Crippen molar-refractivity contribution in [2.75, 3.05) is 23.0 Å². The number of amides is 3. The third-order valence-corrected chi connectivity index (χ3v) is 7.43. The van der Waals surface area contributed by atoms with E-state index in [4.69, 9.17) is 4.74 Å². The first-order chi connectivity index (χ1) is 15.6. The quantitative estimate of drug-likeness (QED) is 0.519. The zero-order chi connectivity index (χ0) is 23.9. The number of imide groups is 1. The van der Waals surface area contributed by atoms with Crippen LogP contribution in [0.1, 0.15) is 48.6 Å². The molecule has 0 bridgehead atoms. The van der Waals surface area contributed by atoms with Crippen molar-refractivity contribution in [3.63, 3.8) is 0 Å². The predicted octanol–water partition coefficient (Wildman–Crippen LogP) is 1.56. The second kappa shape index (κ2) is 8.43. The fraction of sp³-hybridized carbons (Fsp3) is 0.304. The van der Waals surface area contributed by atoms with Gasteiger partial charge < -0.3 is 10.1 Å². The molecule has 2 aliphatic rings. The summed E-state index contributed by atoms with van der Waals surface area (Å²) in [5.74, 6) is -2.59. The van der Waals surface area contributed by atoms with Gasteiger partial charge in [-0.1, -0.05) is 12.1 Å². The molecule has 0 spiro atoms. The van der Waals surface area contributed by atoms with Gasteiger partial charge in [-0.25, -0.2) is 18.1 Å². The first kappa shape index (κ1) is 22.7. The third-order valence-electron chi connectivity index (χ3n) is 5.66. The minimum absolute atomic E-state index is 0.0126. The molecule has 33 heavy (non-hydrogen) atoms. The maximum Gasteiger partial charge on any atom is 0.338 e. The van der Waals surface area contributed by atoms with E-state index in [2.05, 4.69) is 5.32 Å². The molecule has 1 atom stereocenters. The number of nitrogens with one attached hydrogen (secondary N) is 1. The second-order valence-electron chi connectivity index (χ2n) is 8.24. The first-order valence-electron chi connectivity index (χ1n) is 10.3. The van der Waals surface area contributed by atoms with Gasteiger partial charge in [0, 0.05) is 6.04 Å². The van der Waals surface area contributed by atoms with Gasteiger partial charge in [-0.15, -0.1) is 0 Å². The Labute approximate surface area is 190 Å². The Bertz CT molecular complexity index is 1300. The van der Waals surface area contributed by atoms with Crippen LogP contribution in [0.15, 0.2) is 36.4 Å². The largest absolute Gasteiger partial charge is 0.452 e. The fourth-order valence-corrected chi connectivity index (χ4v) is 5.61. The summed E-state index contributed by atoms with van der Waals surface area (Å²) in [5.41, 5.74) is 2.42. The molecule has 3 amide bonds. The molecule has 0 aliphatic carbocycles. The molecule has 9 nitrogen and oxygen atoms in total. The molecular formula is C23H22N2O7S. The molecule has 2 aromatic rings. The lowest BCUT2D eigenvalue weighted by atomic mass is 10.1. The van der Waals surface area contributed by atoms with Crippen LogP contribution >= 0.6 is 0 Å². The molecule has 1 saturated heterocycles. The second-order valence-corrected chi connectivity index (χ2v) is 10.5. The van der Waals surface area contributed by atoms with Crippen LogP contribution in [0.3, 0.4) is 0 Å². The van der Waals surface area contributed by atoms with Crippen LogP contribution in [0.4, 0.5) is 5.69 Å². The van der Waals surface area contributed by atoms with Gasteiger partial charge in [0.15, 0.2) is 16.4 Å². The van der Waals surface area contributed by atoms with Crippen molar-refractivity contribution in [3.05, 3.63) is 64.2 Å². The van der Waals surface area contributed by atoms with Crippen LogP contribution in [-0.4, -0.2) is 56.3 Å². The van der Waals surface area contributed by atoms with Crippen LogP contribution in [0, 0.1) is 13.8 Å². The van der Waals surface area contributed by atoms with E-state index in [-0.39, 0.29) is 28.2 Å². The molecule has 10 heteroatoms. The molecule has 2 aliphatic heterocycles. The van der Waals surface area contributed by atoms with E-state index in [1.165, 1.54) is 18.2 Å². The zero-order valence-electron chi connectivity index (χ0n) is 18.1. The highest BCUT2D eigenvalue weighted by atomic mass is 32.2. The van der Waals surface area contributed by atoms with E-state index < -0.39 is 46.2 Å². The van der Waals surface area contributed by atoms with Crippen LogP contribution in [0.5, 0.6) is 0 Å². The number of rotatable bonds is 5. The fourth-order valence-electron chi connectivity index (χ4n) is 3.94. The van der Waals surface area contributed by atoms with E-state index in [0.29, 0.717) is 12.1 Å². The molecule has 1 fully saturated rings. The Balaban J connectivity index is 1.45. The lowest BCUT2D eigenvalue weighted by Crippen LogP contribution is -2.38. The van der Waals surface area contributed by atoms with Crippen LogP contribution in [0.25, 0.3) is 0 Å². The number of anilines is 1. The summed E-state index contributed by atoms with van der Waals surface area (Å²) >= 11 is 0. The van der Waals surface area contributed by atoms with Gasteiger partial charge in [-0.3, -0.25) is 14.4 Å². The highest BCUT2D eigenvalue weighted by Crippen LogP contribution is 2.31. The highest BCUT2D eigenvalue weighted by molar-refractivity contribution is 7.91. The molecule has 0 saturated carbocycles. The third kappa shape index (κ3) is 4.51. The number of fused-ring (bicyclic) bond motifs is 1. The van der Waals surface area contributed by atoms with Gasteiger partial charge in [0.25, 0.3) is 17.7 Å². The highest BCUT2D eigenvalue weighted by Gasteiger charge is 2.38. The van der Waals surface area contributed by atoms with Gasteiger partial charge in [-0.2, -0.15) is 0 Å². The van der Waals surface area contributed by atoms with E-state index in [0.717, 1.165) is 16.0 Å². The summed E-state index contributed by atoms with van der Waals surface area (Å²) in [5, 5.41) is 2.53. The number of benzene rings is 2. The average molecular weight is 471 g/mol. The molecule has 1 N–H and O–H groups in total. The van der Waals surface area contributed by atoms with Gasteiger partial charge in [0.2, 0.25) is 0 Å². The first-order valence-corrected chi connectivity index (χ1v) is 12.1. The SMILES string of the molecule is Cc1ccc(C)c(N2C(=O)c3ccc(C(=O)OCC(=O)NC4CCS(=O)(=O)C4)cc3C2=O)c1. The van der Waals surface area contributed by atoms with Gasteiger partial charge >= 0.3 is 5.97 Å². The number of esters is 1. The van der Waals surface area contributed by atoms with E-state index in [9.17, 15) is 27.6 Å². The lowest BCUT2D eigenvalue weighted by Gasteiger charge is -2.17. The number of ether oxygens (including phenoxy) is 1. The van der Waals surface area contributed by atoms with Crippen molar-refractivity contribution >= 4 is 39.2 Å². The topological polar surface area (TPSA) is 127 Å². The number of carbonyl (C=O) groups is 4. The standard InChI is InChI=1S/C23H22N2O7S/c1-13-3-4-14(2)19(9-13)25-21(27)17-6-5-15(10-18(17)22(25)28)23(29)32-11-20(26)24-16-7-8-33(30,31)12-16/h3-6,9-10,16H,7-8,11-12H2,1-2H3,(H,24,26). The van der Waals surface area contributed by atoms with Crippen LogP contribution in [-0.2, 0) is 19.4 Å². The van der Waals surface area contributed by atoms with Crippen molar-refractivity contribution in [1.29, 1.82) is 0 Å². The molecule has 0 radical (unpaired) electrons. The average Bonchev–Trinajstić information content (AvgIpc) is 3.23. The van der Waals surface area contributed by atoms with Crippen molar-refractivity contribution < 1.29 is 32.3 Å². The van der Waals surface area contributed by atoms with E-state index in [1.807, 2.05) is 19.1 Å². The minimum atomic E-state index is -3.15. The van der Waals surface area contributed by atoms with Crippen molar-refractivity contribution in [2.24, 2.45) is 0 Å². The van der Waals surface area contributed by atoms with Crippen molar-refractivity contribution in [3.8, 4) is 0 Å². The van der Waals surface area contributed by atoms with Crippen molar-refractivity contribution in [1.82, 2.24) is 5.32 Å². The summed E-state index contributed by atoms with van der Waals surface area (Å²) in [7, 11) is -3.15. The Morgan fingerprint density at radius 1 is 1.06 bits per heavy atom. The summed E-state index contributed by atoms with van der Waals surface area (Å²) in [6, 6.07) is 8.99. The Morgan fingerprint density at radius 3 is 2.48 bits per heavy atom. The van der Waals surface area contributed by atoms with Crippen molar-refractivity contribution in [2.45, 2.75) is 26.3 Å². The number of aryl methyl sites for hydroxylation is 2. The maximum absolute atomic E-state index is 13.0. The molecule has 4 rings (SSSR count). The number of hydrogen-bond donors (Lipinski definition) is 1. The maximum atomic E-state index is 13.0. The zero-order valence-corrected chi connectivity index (χ0v) is 18.9. The number of sulfone groups is 1. The van der Waals surface area contributed by atoms with Gasteiger partial charge in [0.05, 0.1) is 33.9 Å². The van der Waals surface area contributed by atoms with E-state index in [1.54, 1.807) is 13.0 Å². The predicted molar refractivity (Wildman–Crippen MR) is 119 cm³/mol. The summed E-state index contributed by atoms with van der Waals surface area (Å²) in [6.45, 7) is 3.07. The molecule has 1 unspecified atom stereocenters. The molecular weight excluding hydrogens is 448 g/mol. The van der Waals surface area contributed by atoms with Gasteiger partial charge in [0.1, 0.15) is 0 Å². The summed E-state index contributed by atoms with van der Waals surface area (Å²) in [6.07, 6.45) is 0.319. The smallest absolute Gasteiger partial charge is 0.338 e. The Morgan fingerprint density at radius 2 is 1.79 bits per heavy atom. The summed E-state index contributed by atoms with van der Waals surface area (Å²) in [4.78, 5) is 51.4. The van der Waals surface area contributed by atoms with E-state index >= 15 is 0 Å². The molecule has 172 valence electrons. The number of carbonyl (C=O) groups excluding carboxylic acids is 4. The normalized spacial score (nSPS) is 18.8. The molecule has 0 aromatic heterocycles. The monoisotopic (exact) mass is 470 g/mol. The lowest BCUT2D eigenvalue weighted by molar-refractivity contribution is -0.124. The molecule has 2 aromatic carbocycles. The number of nitrogens with zero attached hydrogens (tertiary/aromatic N) is 1. The van der Waals surface area contributed by atoms with Crippen LogP contribution < -0.4 is 10.2 Å². The Kier molecular flexibility index (Phi) is 5.79. The molecule has 2 heterocycles. The van der Waals surface area contributed by atoms with Crippen LogP contribution in [0.2, 0.25) is 0 Å². The summed E-state index contributed by atoms with van der Waals surface area (Å²) < 4.78 is 28.0. The number of hydrogen-bond acceptors (Lipinski definition) is 7. The Hall–Kier alpha value is -3.53. The minimum Gasteiger partial charge on any atom is -0.452 e.